The van der Waals surface area contributed by atoms with Gasteiger partial charge in [-0.2, -0.15) is 4.31 Å². The van der Waals surface area contributed by atoms with Crippen molar-refractivity contribution >= 4 is 15.9 Å². The monoisotopic (exact) mass is 441 g/mol. The van der Waals surface area contributed by atoms with Crippen LogP contribution in [-0.2, 0) is 21.2 Å². The molecule has 1 amide bonds. The lowest BCUT2D eigenvalue weighted by molar-refractivity contribution is -0.133. The maximum absolute atomic E-state index is 12.9. The van der Waals surface area contributed by atoms with Crippen LogP contribution in [0.15, 0.2) is 53.4 Å². The fraction of sp³-hybridized carbons (Fsp3) is 0.458. The fourth-order valence-electron chi connectivity index (χ4n) is 4.65. The average molecular weight is 442 g/mol. The third-order valence-electron chi connectivity index (χ3n) is 6.50. The third-order valence-corrected chi connectivity index (χ3v) is 8.42. The van der Waals surface area contributed by atoms with E-state index < -0.39 is 10.0 Å². The van der Waals surface area contributed by atoms with Gasteiger partial charge in [-0.3, -0.25) is 9.69 Å². The summed E-state index contributed by atoms with van der Waals surface area (Å²) < 4.78 is 27.3. The van der Waals surface area contributed by atoms with E-state index in [1.165, 1.54) is 15.4 Å². The predicted molar refractivity (Wildman–Crippen MR) is 121 cm³/mol. The maximum Gasteiger partial charge on any atom is 0.243 e. The molecule has 1 atom stereocenters. The minimum absolute atomic E-state index is 0.0675. The van der Waals surface area contributed by atoms with E-state index in [-0.39, 0.29) is 11.9 Å². The molecule has 2 aromatic carbocycles. The molecule has 1 heterocycles. The minimum atomic E-state index is -3.52. The number of fused-ring (bicyclic) bond motifs is 1. The van der Waals surface area contributed by atoms with Gasteiger partial charge in [-0.15, -0.1) is 0 Å². The van der Waals surface area contributed by atoms with Crippen molar-refractivity contribution in [2.24, 2.45) is 0 Å². The molecule has 2 aliphatic rings. The van der Waals surface area contributed by atoms with Crippen LogP contribution in [0.25, 0.3) is 0 Å². The molecule has 1 aliphatic heterocycles. The number of hydrogen-bond acceptors (Lipinski definition) is 4. The Kier molecular flexibility index (Phi) is 6.46. The third kappa shape index (κ3) is 4.68. The highest BCUT2D eigenvalue weighted by molar-refractivity contribution is 7.89. The Labute approximate surface area is 185 Å². The van der Waals surface area contributed by atoms with Gasteiger partial charge in [-0.05, 0) is 56.5 Å². The Morgan fingerprint density at radius 1 is 1.03 bits per heavy atom. The molecular weight excluding hydrogens is 410 g/mol. The molecule has 0 spiro atoms. The summed E-state index contributed by atoms with van der Waals surface area (Å²) >= 11 is 0. The second-order valence-electron chi connectivity index (χ2n) is 8.62. The van der Waals surface area contributed by atoms with Crippen LogP contribution in [-0.4, -0.2) is 68.2 Å². The van der Waals surface area contributed by atoms with Gasteiger partial charge in [0.25, 0.3) is 0 Å². The first-order valence-corrected chi connectivity index (χ1v) is 12.4. The number of hydrogen-bond donors (Lipinski definition) is 0. The summed E-state index contributed by atoms with van der Waals surface area (Å²) in [5.41, 5.74) is 3.74. The predicted octanol–water partition coefficient (Wildman–Crippen LogP) is 2.84. The number of benzene rings is 2. The number of aryl methyl sites for hydroxylation is 2. The normalized spacial score (nSPS) is 20.0. The summed E-state index contributed by atoms with van der Waals surface area (Å²) in [7, 11) is -1.50. The van der Waals surface area contributed by atoms with Crippen LogP contribution in [0, 0.1) is 6.92 Å². The number of sulfonamides is 1. The molecule has 0 saturated carbocycles. The molecule has 1 aliphatic carbocycles. The van der Waals surface area contributed by atoms with Crippen molar-refractivity contribution in [3.63, 3.8) is 0 Å². The lowest BCUT2D eigenvalue weighted by Gasteiger charge is -2.37. The first kappa shape index (κ1) is 22.0. The average Bonchev–Trinajstić information content (AvgIpc) is 2.79. The first-order chi connectivity index (χ1) is 14.9. The maximum atomic E-state index is 12.9. The summed E-state index contributed by atoms with van der Waals surface area (Å²) in [5, 5.41) is 0. The summed E-state index contributed by atoms with van der Waals surface area (Å²) in [4.78, 5) is 17.2. The van der Waals surface area contributed by atoms with Crippen molar-refractivity contribution in [3.8, 4) is 0 Å². The molecule has 1 unspecified atom stereocenters. The first-order valence-electron chi connectivity index (χ1n) is 11.0. The number of nitrogens with zero attached hydrogens (tertiary/aromatic N) is 3. The van der Waals surface area contributed by atoms with E-state index >= 15 is 0 Å². The van der Waals surface area contributed by atoms with E-state index in [4.69, 9.17) is 0 Å². The highest BCUT2D eigenvalue weighted by Crippen LogP contribution is 2.33. The number of likely N-dealkylation sites (N-methyl/N-ethyl adjacent to an activating group) is 1. The topological polar surface area (TPSA) is 60.9 Å². The van der Waals surface area contributed by atoms with E-state index in [0.29, 0.717) is 37.6 Å². The molecule has 6 nitrogen and oxygen atoms in total. The SMILES string of the molecule is Cc1ccc(S(=O)(=O)N2CCN(C(=O)CN(C)C3CCCc4ccccc43)CC2)cc1. The van der Waals surface area contributed by atoms with Gasteiger partial charge < -0.3 is 4.90 Å². The van der Waals surface area contributed by atoms with Crippen molar-refractivity contribution in [1.82, 2.24) is 14.1 Å². The van der Waals surface area contributed by atoms with Gasteiger partial charge in [0.15, 0.2) is 0 Å². The van der Waals surface area contributed by atoms with Crippen molar-refractivity contribution in [3.05, 3.63) is 65.2 Å². The van der Waals surface area contributed by atoms with Crippen LogP contribution < -0.4 is 0 Å². The van der Waals surface area contributed by atoms with Crippen molar-refractivity contribution in [2.45, 2.75) is 37.1 Å². The van der Waals surface area contributed by atoms with Crippen molar-refractivity contribution in [2.75, 3.05) is 39.8 Å². The fourth-order valence-corrected chi connectivity index (χ4v) is 6.07. The van der Waals surface area contributed by atoms with Crippen molar-refractivity contribution in [1.29, 1.82) is 0 Å². The largest absolute Gasteiger partial charge is 0.339 e. The van der Waals surface area contributed by atoms with E-state index in [9.17, 15) is 13.2 Å². The van der Waals surface area contributed by atoms with Gasteiger partial charge in [0, 0.05) is 32.2 Å². The molecule has 7 heteroatoms. The second-order valence-corrected chi connectivity index (χ2v) is 10.6. The summed E-state index contributed by atoms with van der Waals surface area (Å²) in [6.07, 6.45) is 3.30. The Bertz CT molecular complexity index is 1030. The highest BCUT2D eigenvalue weighted by Gasteiger charge is 2.31. The summed E-state index contributed by atoms with van der Waals surface area (Å²) in [5.74, 6) is 0.0675. The number of piperazine rings is 1. The molecule has 1 saturated heterocycles. The molecule has 1 fully saturated rings. The lowest BCUT2D eigenvalue weighted by atomic mass is 9.87. The molecule has 0 N–H and O–H groups in total. The lowest BCUT2D eigenvalue weighted by Crippen LogP contribution is -2.52. The van der Waals surface area contributed by atoms with Gasteiger partial charge in [-0.25, -0.2) is 8.42 Å². The molecule has 0 bridgehead atoms. The van der Waals surface area contributed by atoms with E-state index in [1.807, 2.05) is 26.1 Å². The van der Waals surface area contributed by atoms with Crippen LogP contribution in [0.1, 0.15) is 35.6 Å². The van der Waals surface area contributed by atoms with Crippen LogP contribution in [0.5, 0.6) is 0 Å². The van der Waals surface area contributed by atoms with Gasteiger partial charge >= 0.3 is 0 Å². The number of amides is 1. The Balaban J connectivity index is 1.35. The second kappa shape index (κ2) is 9.10. The van der Waals surface area contributed by atoms with E-state index in [2.05, 4.69) is 29.2 Å². The standard InChI is InChI=1S/C24H31N3O3S/c1-19-10-12-21(13-11-19)31(29,30)27-16-14-26(15-17-27)24(28)18-25(2)23-9-5-7-20-6-3-4-8-22(20)23/h3-4,6,8,10-13,23H,5,7,9,14-18H2,1-2H3. The van der Waals surface area contributed by atoms with Gasteiger partial charge in [0.2, 0.25) is 15.9 Å². The molecule has 0 radical (unpaired) electrons. The Morgan fingerprint density at radius 2 is 1.71 bits per heavy atom. The quantitative estimate of drug-likeness (QED) is 0.716. The van der Waals surface area contributed by atoms with Crippen LogP contribution in [0.3, 0.4) is 0 Å². The van der Waals surface area contributed by atoms with Crippen LogP contribution in [0.2, 0.25) is 0 Å². The molecule has 0 aromatic heterocycles. The zero-order valence-corrected chi connectivity index (χ0v) is 19.1. The molecule has 4 rings (SSSR count). The molecule has 166 valence electrons. The number of carbonyl (C=O) groups is 1. The van der Waals surface area contributed by atoms with Gasteiger partial charge in [0.1, 0.15) is 0 Å². The van der Waals surface area contributed by atoms with Crippen molar-refractivity contribution < 1.29 is 13.2 Å². The number of carbonyl (C=O) groups excluding carboxylic acids is 1. The molecule has 2 aromatic rings. The smallest absolute Gasteiger partial charge is 0.243 e. The molecule has 31 heavy (non-hydrogen) atoms. The van der Waals surface area contributed by atoms with E-state index in [0.717, 1.165) is 24.8 Å². The summed E-state index contributed by atoms with van der Waals surface area (Å²) in [6.45, 7) is 3.81. The van der Waals surface area contributed by atoms with Crippen LogP contribution >= 0.6 is 0 Å². The van der Waals surface area contributed by atoms with Gasteiger partial charge in [0.05, 0.1) is 11.4 Å². The van der Waals surface area contributed by atoms with Gasteiger partial charge in [-0.1, -0.05) is 42.0 Å². The Hall–Kier alpha value is -2.22. The summed E-state index contributed by atoms with van der Waals surface area (Å²) in [6, 6.07) is 15.7. The highest BCUT2D eigenvalue weighted by atomic mass is 32.2. The Morgan fingerprint density at radius 3 is 2.42 bits per heavy atom. The zero-order valence-electron chi connectivity index (χ0n) is 18.3. The molecular formula is C24H31N3O3S. The zero-order chi connectivity index (χ0) is 22.0. The van der Waals surface area contributed by atoms with Crippen LogP contribution in [0.4, 0.5) is 0 Å². The van der Waals surface area contributed by atoms with E-state index in [1.54, 1.807) is 17.0 Å². The number of rotatable bonds is 5. The minimum Gasteiger partial charge on any atom is -0.339 e.